The molecule has 0 radical (unpaired) electrons. The number of benzene rings is 4. The number of hydrogen-bond acceptors (Lipinski definition) is 5. The number of nitrogens with zero attached hydrogens (tertiary/aromatic N) is 2. The van der Waals surface area contributed by atoms with Gasteiger partial charge in [0.05, 0.1) is 6.33 Å². The molecule has 1 atom stereocenters. The molecule has 0 spiro atoms. The summed E-state index contributed by atoms with van der Waals surface area (Å²) in [5.41, 5.74) is 1.12. The van der Waals surface area contributed by atoms with Crippen LogP contribution in [-0.2, 0) is 16.8 Å². The van der Waals surface area contributed by atoms with Gasteiger partial charge in [-0.1, -0.05) is 91.0 Å². The van der Waals surface area contributed by atoms with Gasteiger partial charge in [-0.2, -0.15) is 0 Å². The molecule has 0 unspecified atom stereocenters. The number of hydrogen-bond donors (Lipinski definition) is 4. The van der Waals surface area contributed by atoms with Crippen molar-refractivity contribution >= 4 is 11.9 Å². The lowest BCUT2D eigenvalue weighted by Gasteiger charge is -2.48. The SMILES string of the molecule is O=C(O)[C@H](Cc1cnc[nH]1)N(C(=O)c1ccc(O)c(O)c1)C(c1ccccc1)(c1ccccc1)c1ccccc1. The van der Waals surface area contributed by atoms with E-state index in [-0.39, 0.29) is 12.0 Å². The van der Waals surface area contributed by atoms with Gasteiger partial charge in [0.25, 0.3) is 5.91 Å². The number of aromatic nitrogens is 2. The normalized spacial score (nSPS) is 12.0. The number of carboxylic acids is 1. The van der Waals surface area contributed by atoms with Crippen LogP contribution in [0.25, 0.3) is 0 Å². The molecule has 0 saturated carbocycles. The van der Waals surface area contributed by atoms with Crippen molar-refractivity contribution in [2.24, 2.45) is 0 Å². The third kappa shape index (κ3) is 4.78. The zero-order valence-corrected chi connectivity index (χ0v) is 21.4. The average molecular weight is 534 g/mol. The second kappa shape index (κ2) is 11.2. The van der Waals surface area contributed by atoms with Gasteiger partial charge in [-0.25, -0.2) is 9.78 Å². The summed E-state index contributed by atoms with van der Waals surface area (Å²) >= 11 is 0. The molecule has 0 aliphatic rings. The van der Waals surface area contributed by atoms with Crippen molar-refractivity contribution in [1.29, 1.82) is 0 Å². The molecule has 5 aromatic rings. The minimum atomic E-state index is -1.42. The summed E-state index contributed by atoms with van der Waals surface area (Å²) < 4.78 is 0. The zero-order valence-electron chi connectivity index (χ0n) is 21.4. The summed E-state index contributed by atoms with van der Waals surface area (Å²) in [5.74, 6) is -2.76. The second-order valence-electron chi connectivity index (χ2n) is 9.32. The Balaban J connectivity index is 1.89. The number of rotatable bonds is 9. The van der Waals surface area contributed by atoms with E-state index in [1.165, 1.54) is 29.6 Å². The van der Waals surface area contributed by atoms with E-state index in [1.807, 2.05) is 91.0 Å². The van der Waals surface area contributed by atoms with Gasteiger partial charge in [0.15, 0.2) is 11.5 Å². The summed E-state index contributed by atoms with van der Waals surface area (Å²) in [4.78, 5) is 36.2. The van der Waals surface area contributed by atoms with E-state index >= 15 is 0 Å². The summed E-state index contributed by atoms with van der Waals surface area (Å²) in [5, 5.41) is 31.0. The second-order valence-corrected chi connectivity index (χ2v) is 9.32. The largest absolute Gasteiger partial charge is 0.504 e. The molecular weight excluding hydrogens is 506 g/mol. The molecule has 1 heterocycles. The number of aromatic amines is 1. The van der Waals surface area contributed by atoms with E-state index in [0.717, 1.165) is 6.07 Å². The Bertz CT molecular complexity index is 1490. The van der Waals surface area contributed by atoms with Crippen molar-refractivity contribution in [3.63, 3.8) is 0 Å². The average Bonchev–Trinajstić information content (AvgIpc) is 3.51. The number of amides is 1. The third-order valence-electron chi connectivity index (χ3n) is 6.94. The summed E-state index contributed by atoms with van der Waals surface area (Å²) in [6.07, 6.45) is 2.91. The lowest BCUT2D eigenvalue weighted by atomic mass is 9.74. The van der Waals surface area contributed by atoms with Crippen molar-refractivity contribution in [3.05, 3.63) is 150 Å². The Labute approximate surface area is 230 Å². The lowest BCUT2D eigenvalue weighted by molar-refractivity contribution is -0.143. The van der Waals surface area contributed by atoms with E-state index in [2.05, 4.69) is 9.97 Å². The van der Waals surface area contributed by atoms with Crippen LogP contribution in [0.4, 0.5) is 0 Å². The molecule has 0 bridgehead atoms. The molecule has 0 aliphatic heterocycles. The van der Waals surface area contributed by atoms with E-state index < -0.39 is 35.0 Å². The first-order valence-electron chi connectivity index (χ1n) is 12.6. The molecule has 40 heavy (non-hydrogen) atoms. The Morgan fingerprint density at radius 3 is 1.73 bits per heavy atom. The number of aromatic hydroxyl groups is 2. The van der Waals surface area contributed by atoms with Crippen molar-refractivity contribution in [2.75, 3.05) is 0 Å². The molecule has 8 heteroatoms. The number of aliphatic carboxylic acids is 1. The Morgan fingerprint density at radius 1 is 0.775 bits per heavy atom. The maximum Gasteiger partial charge on any atom is 0.326 e. The molecule has 4 N–H and O–H groups in total. The fourth-order valence-corrected chi connectivity index (χ4v) is 5.17. The summed E-state index contributed by atoms with van der Waals surface area (Å²) in [6, 6.07) is 30.1. The monoisotopic (exact) mass is 533 g/mol. The lowest BCUT2D eigenvalue weighted by Crippen LogP contribution is -2.59. The highest BCUT2D eigenvalue weighted by atomic mass is 16.4. The molecular formula is C32H27N3O5. The molecule has 0 saturated heterocycles. The molecule has 4 aromatic carbocycles. The number of nitrogens with one attached hydrogen (secondary N) is 1. The van der Waals surface area contributed by atoms with Crippen molar-refractivity contribution in [2.45, 2.75) is 18.0 Å². The van der Waals surface area contributed by atoms with Crippen LogP contribution in [0.3, 0.4) is 0 Å². The van der Waals surface area contributed by atoms with Crippen molar-refractivity contribution in [1.82, 2.24) is 14.9 Å². The van der Waals surface area contributed by atoms with Gasteiger partial charge < -0.3 is 25.2 Å². The van der Waals surface area contributed by atoms with Crippen LogP contribution >= 0.6 is 0 Å². The summed E-state index contributed by atoms with van der Waals surface area (Å²) in [6.45, 7) is 0. The highest BCUT2D eigenvalue weighted by Gasteiger charge is 2.50. The number of phenolic OH excluding ortho intramolecular Hbond substituents is 2. The predicted octanol–water partition coefficient (Wildman–Crippen LogP) is 4.95. The standard InChI is InChI=1S/C32H27N3O5/c36-28-17-16-22(18-29(28)37)30(38)35(27(31(39)40)19-26-20-33-21-34-26)32(23-10-4-1-5-11-23,24-12-6-2-7-13-24)25-14-8-3-9-15-25/h1-18,20-21,27,36-37H,19H2,(H,33,34)(H,39,40)/t27-/m0/s1. The van der Waals surface area contributed by atoms with Crippen molar-refractivity contribution in [3.8, 4) is 11.5 Å². The maximum absolute atomic E-state index is 14.7. The Kier molecular flexibility index (Phi) is 7.33. The quantitative estimate of drug-likeness (QED) is 0.157. The zero-order chi connectivity index (χ0) is 28.1. The van der Waals surface area contributed by atoms with E-state index in [9.17, 15) is 24.9 Å². The van der Waals surface area contributed by atoms with E-state index in [4.69, 9.17) is 0 Å². The number of imidazole rings is 1. The van der Waals surface area contributed by atoms with E-state index in [1.54, 1.807) is 0 Å². The molecule has 0 fully saturated rings. The molecule has 1 aromatic heterocycles. The fourth-order valence-electron chi connectivity index (χ4n) is 5.17. The first-order chi connectivity index (χ1) is 19.4. The highest BCUT2D eigenvalue weighted by molar-refractivity contribution is 5.98. The van der Waals surface area contributed by atoms with Gasteiger partial charge in [-0.15, -0.1) is 0 Å². The van der Waals surface area contributed by atoms with Gasteiger partial charge in [0.2, 0.25) is 0 Å². The van der Waals surface area contributed by atoms with Crippen LogP contribution in [0.1, 0.15) is 32.7 Å². The minimum Gasteiger partial charge on any atom is -0.504 e. The van der Waals surface area contributed by atoms with Gasteiger partial charge >= 0.3 is 5.97 Å². The number of carbonyl (C=O) groups excluding carboxylic acids is 1. The first kappa shape index (κ1) is 26.2. The van der Waals surface area contributed by atoms with Crippen LogP contribution in [-0.4, -0.2) is 48.1 Å². The van der Waals surface area contributed by atoms with Gasteiger partial charge in [-0.05, 0) is 34.9 Å². The van der Waals surface area contributed by atoms with Crippen LogP contribution in [0.2, 0.25) is 0 Å². The first-order valence-corrected chi connectivity index (χ1v) is 12.6. The topological polar surface area (TPSA) is 127 Å². The number of H-pyrrole nitrogens is 1. The van der Waals surface area contributed by atoms with Gasteiger partial charge in [-0.3, -0.25) is 4.79 Å². The highest BCUT2D eigenvalue weighted by Crippen LogP contribution is 2.45. The van der Waals surface area contributed by atoms with E-state index in [0.29, 0.717) is 22.4 Å². The number of carbonyl (C=O) groups is 2. The molecule has 200 valence electrons. The van der Waals surface area contributed by atoms with Crippen LogP contribution in [0.5, 0.6) is 11.5 Å². The molecule has 8 nitrogen and oxygen atoms in total. The van der Waals surface area contributed by atoms with Gasteiger partial charge in [0.1, 0.15) is 11.6 Å². The van der Waals surface area contributed by atoms with Crippen molar-refractivity contribution < 1.29 is 24.9 Å². The van der Waals surface area contributed by atoms with Gasteiger partial charge in [0, 0.05) is 23.9 Å². The molecule has 1 amide bonds. The maximum atomic E-state index is 14.7. The molecule has 5 rings (SSSR count). The predicted molar refractivity (Wildman–Crippen MR) is 149 cm³/mol. The van der Waals surface area contributed by atoms with Crippen LogP contribution in [0.15, 0.2) is 122 Å². The minimum absolute atomic E-state index is 0.0123. The Morgan fingerprint density at radius 2 is 1.30 bits per heavy atom. The Hall–Kier alpha value is -5.37. The number of phenols is 2. The third-order valence-corrected chi connectivity index (χ3v) is 6.94. The number of carboxylic acid groups (broad SMARTS) is 1. The van der Waals surface area contributed by atoms with Crippen LogP contribution in [0, 0.1) is 0 Å². The molecule has 0 aliphatic carbocycles. The van der Waals surface area contributed by atoms with Crippen LogP contribution < -0.4 is 0 Å². The fraction of sp³-hybridized carbons (Fsp3) is 0.0938. The smallest absolute Gasteiger partial charge is 0.326 e. The summed E-state index contributed by atoms with van der Waals surface area (Å²) in [7, 11) is 0.